The van der Waals surface area contributed by atoms with Gasteiger partial charge in [-0.15, -0.1) is 0 Å². The third kappa shape index (κ3) is 2.75. The molecule has 0 saturated heterocycles. The quantitative estimate of drug-likeness (QED) is 0.758. The van der Waals surface area contributed by atoms with Crippen molar-refractivity contribution >= 4 is 28.7 Å². The van der Waals surface area contributed by atoms with E-state index in [1.54, 1.807) is 30.3 Å². The fourth-order valence-electron chi connectivity index (χ4n) is 2.97. The number of unbranched alkanes of at least 4 members (excludes halogenated alkanes) is 1. The number of halogens is 1. The molecule has 3 heteroatoms. The average molecular weight is 325 g/mol. The predicted molar refractivity (Wildman–Crippen MR) is 93.0 cm³/mol. The molecule has 0 N–H and O–H groups in total. The summed E-state index contributed by atoms with van der Waals surface area (Å²) in [7, 11) is 0. The molecule has 0 bridgehead atoms. The maximum atomic E-state index is 13.0. The van der Waals surface area contributed by atoms with Crippen LogP contribution in [0.1, 0.15) is 52.5 Å². The lowest BCUT2D eigenvalue weighted by molar-refractivity contribution is 0.0988. The Bertz CT molecular complexity index is 818. The molecule has 0 amide bonds. The number of hydrogen-bond donors (Lipinski definition) is 0. The highest BCUT2D eigenvalue weighted by Gasteiger charge is 2.32. The highest BCUT2D eigenvalue weighted by Crippen LogP contribution is 2.37. The number of carbonyl (C=O) groups is 2. The zero-order valence-electron chi connectivity index (χ0n) is 12.9. The minimum Gasteiger partial charge on any atom is -0.289 e. The molecule has 0 heterocycles. The molecule has 2 aromatic rings. The first kappa shape index (κ1) is 15.7. The Labute approximate surface area is 140 Å². The maximum absolute atomic E-state index is 13.0. The molecule has 0 saturated carbocycles. The van der Waals surface area contributed by atoms with Gasteiger partial charge in [0.1, 0.15) is 0 Å². The van der Waals surface area contributed by atoms with Gasteiger partial charge in [-0.05, 0) is 18.9 Å². The van der Waals surface area contributed by atoms with Gasteiger partial charge in [0.25, 0.3) is 0 Å². The monoisotopic (exact) mass is 324 g/mol. The van der Waals surface area contributed by atoms with Crippen molar-refractivity contribution < 1.29 is 9.59 Å². The average Bonchev–Trinajstić information content (AvgIpc) is 2.58. The van der Waals surface area contributed by atoms with Gasteiger partial charge in [0.2, 0.25) is 0 Å². The Balaban J connectivity index is 2.24. The molecule has 116 valence electrons. The summed E-state index contributed by atoms with van der Waals surface area (Å²) in [6.45, 7) is 2.07. The third-order valence-corrected chi connectivity index (χ3v) is 4.47. The Morgan fingerprint density at radius 2 is 1.39 bits per heavy atom. The van der Waals surface area contributed by atoms with Gasteiger partial charge >= 0.3 is 0 Å². The highest BCUT2D eigenvalue weighted by molar-refractivity contribution is 6.43. The predicted octanol–water partition coefficient (Wildman–Crippen LogP) is 5.36. The molecule has 3 rings (SSSR count). The van der Waals surface area contributed by atoms with Crippen LogP contribution >= 0.6 is 11.6 Å². The minimum atomic E-state index is -0.112. The number of fused-ring (bicyclic) bond motifs is 1. The summed E-state index contributed by atoms with van der Waals surface area (Å²) in [6.07, 6.45) is 2.42. The smallest absolute Gasteiger partial charge is 0.194 e. The van der Waals surface area contributed by atoms with Gasteiger partial charge in [-0.25, -0.2) is 0 Å². The van der Waals surface area contributed by atoms with Crippen LogP contribution in [0, 0.1) is 0 Å². The lowest BCUT2D eigenvalue weighted by Gasteiger charge is -2.22. The number of ketones is 2. The Morgan fingerprint density at radius 3 is 2.00 bits per heavy atom. The van der Waals surface area contributed by atoms with Crippen LogP contribution in [0.25, 0.3) is 5.57 Å². The highest BCUT2D eigenvalue weighted by atomic mass is 35.5. The third-order valence-electron chi connectivity index (χ3n) is 4.14. The zero-order valence-corrected chi connectivity index (χ0v) is 13.7. The van der Waals surface area contributed by atoms with Gasteiger partial charge < -0.3 is 0 Å². The second kappa shape index (κ2) is 6.51. The van der Waals surface area contributed by atoms with Gasteiger partial charge in [0.15, 0.2) is 11.6 Å². The first-order chi connectivity index (χ1) is 11.1. The van der Waals surface area contributed by atoms with Gasteiger partial charge in [-0.2, -0.15) is 0 Å². The van der Waals surface area contributed by atoms with Crippen LogP contribution in [-0.2, 0) is 0 Å². The van der Waals surface area contributed by atoms with Crippen molar-refractivity contribution in [3.8, 4) is 0 Å². The molecule has 0 aromatic heterocycles. The second-order valence-electron chi connectivity index (χ2n) is 5.64. The van der Waals surface area contributed by atoms with Crippen molar-refractivity contribution in [3.63, 3.8) is 0 Å². The van der Waals surface area contributed by atoms with Crippen molar-refractivity contribution in [2.45, 2.75) is 26.2 Å². The standard InChI is InChI=1S/C20H17ClO2/c1-2-3-8-16-18(15-11-6-7-12-17(15)21)20(23)14-10-5-4-9-13(14)19(16)22/h4-7,9-12H,2-3,8H2,1H3. The van der Waals surface area contributed by atoms with E-state index in [2.05, 4.69) is 6.92 Å². The van der Waals surface area contributed by atoms with Crippen LogP contribution < -0.4 is 0 Å². The largest absolute Gasteiger partial charge is 0.289 e. The van der Waals surface area contributed by atoms with E-state index >= 15 is 0 Å². The molecule has 0 fully saturated rings. The number of allylic oxidation sites excluding steroid dienone is 2. The Hall–Kier alpha value is -2.19. The second-order valence-corrected chi connectivity index (χ2v) is 6.05. The van der Waals surface area contributed by atoms with Crippen LogP contribution in [0.4, 0.5) is 0 Å². The van der Waals surface area contributed by atoms with E-state index in [0.717, 1.165) is 12.8 Å². The molecule has 1 aliphatic rings. The van der Waals surface area contributed by atoms with E-state index in [1.165, 1.54) is 0 Å². The SMILES string of the molecule is CCCCC1=C(c2ccccc2Cl)C(=O)c2ccccc2C1=O. The van der Waals surface area contributed by atoms with E-state index in [0.29, 0.717) is 39.3 Å². The Morgan fingerprint density at radius 1 is 0.826 bits per heavy atom. The van der Waals surface area contributed by atoms with E-state index in [-0.39, 0.29) is 11.6 Å². The van der Waals surface area contributed by atoms with Crippen molar-refractivity contribution in [1.29, 1.82) is 0 Å². The number of hydrogen-bond acceptors (Lipinski definition) is 2. The first-order valence-electron chi connectivity index (χ1n) is 7.81. The van der Waals surface area contributed by atoms with Gasteiger partial charge in [-0.3, -0.25) is 9.59 Å². The molecular weight excluding hydrogens is 308 g/mol. The summed E-state index contributed by atoms with van der Waals surface area (Å²) in [4.78, 5) is 25.9. The van der Waals surface area contributed by atoms with Crippen LogP contribution in [0.15, 0.2) is 54.1 Å². The number of rotatable bonds is 4. The zero-order chi connectivity index (χ0) is 16.4. The summed E-state index contributed by atoms with van der Waals surface area (Å²) in [6, 6.07) is 14.2. The fourth-order valence-corrected chi connectivity index (χ4v) is 3.20. The molecule has 2 nitrogen and oxygen atoms in total. The van der Waals surface area contributed by atoms with Crippen LogP contribution in [-0.4, -0.2) is 11.6 Å². The van der Waals surface area contributed by atoms with Crippen molar-refractivity contribution in [1.82, 2.24) is 0 Å². The molecule has 1 aliphatic carbocycles. The Kier molecular flexibility index (Phi) is 4.44. The van der Waals surface area contributed by atoms with Crippen molar-refractivity contribution in [2.75, 3.05) is 0 Å². The summed E-state index contributed by atoms with van der Waals surface area (Å²) < 4.78 is 0. The first-order valence-corrected chi connectivity index (χ1v) is 8.19. The molecule has 23 heavy (non-hydrogen) atoms. The van der Waals surface area contributed by atoms with Crippen LogP contribution in [0.2, 0.25) is 5.02 Å². The van der Waals surface area contributed by atoms with E-state index in [9.17, 15) is 9.59 Å². The summed E-state index contributed by atoms with van der Waals surface area (Å²) >= 11 is 6.30. The van der Waals surface area contributed by atoms with Crippen LogP contribution in [0.3, 0.4) is 0 Å². The van der Waals surface area contributed by atoms with Crippen molar-refractivity contribution in [2.24, 2.45) is 0 Å². The number of Topliss-reactive ketones (excluding diaryl/α,β-unsaturated/α-hetero) is 2. The topological polar surface area (TPSA) is 34.1 Å². The molecular formula is C20H17ClO2. The molecule has 0 spiro atoms. The van der Waals surface area contributed by atoms with Crippen LogP contribution in [0.5, 0.6) is 0 Å². The van der Waals surface area contributed by atoms with E-state index < -0.39 is 0 Å². The van der Waals surface area contributed by atoms with Crippen molar-refractivity contribution in [3.05, 3.63) is 75.8 Å². The normalized spacial score (nSPS) is 14.2. The van der Waals surface area contributed by atoms with E-state index in [4.69, 9.17) is 11.6 Å². The molecule has 0 aliphatic heterocycles. The molecule has 0 atom stereocenters. The summed E-state index contributed by atoms with van der Waals surface area (Å²) in [5, 5.41) is 0.497. The van der Waals surface area contributed by atoms with Gasteiger partial charge in [0.05, 0.1) is 0 Å². The lowest BCUT2D eigenvalue weighted by atomic mass is 9.79. The summed E-state index contributed by atoms with van der Waals surface area (Å²) in [5.41, 5.74) is 2.66. The molecule has 0 radical (unpaired) electrons. The maximum Gasteiger partial charge on any atom is 0.194 e. The minimum absolute atomic E-state index is 0.0523. The van der Waals surface area contributed by atoms with Gasteiger partial charge in [-0.1, -0.05) is 67.4 Å². The lowest BCUT2D eigenvalue weighted by Crippen LogP contribution is -2.21. The fraction of sp³-hybridized carbons (Fsp3) is 0.200. The molecule has 2 aromatic carbocycles. The molecule has 0 unspecified atom stereocenters. The number of benzene rings is 2. The van der Waals surface area contributed by atoms with E-state index in [1.807, 2.05) is 18.2 Å². The van der Waals surface area contributed by atoms with Gasteiger partial charge in [0, 0.05) is 32.9 Å². The summed E-state index contributed by atoms with van der Waals surface area (Å²) in [5.74, 6) is -0.164. The number of carbonyl (C=O) groups excluding carboxylic acids is 2.